The molecule has 0 radical (unpaired) electrons. The SMILES string of the molecule is Cc1ccccc1CCNC(=O)Cc1csc(NC(=O)c2ccoc2C)n1. The van der Waals surface area contributed by atoms with Crippen LogP contribution in [0.25, 0.3) is 0 Å². The minimum Gasteiger partial charge on any atom is -0.469 e. The third-order valence-electron chi connectivity index (χ3n) is 4.20. The Kier molecular flexibility index (Phi) is 6.03. The van der Waals surface area contributed by atoms with Crippen LogP contribution >= 0.6 is 11.3 Å². The highest BCUT2D eigenvalue weighted by molar-refractivity contribution is 7.14. The first-order chi connectivity index (χ1) is 13.0. The molecule has 0 bridgehead atoms. The lowest BCUT2D eigenvalue weighted by molar-refractivity contribution is -0.120. The predicted octanol–water partition coefficient (Wildman–Crippen LogP) is 3.51. The fourth-order valence-electron chi connectivity index (χ4n) is 2.68. The van der Waals surface area contributed by atoms with Crippen molar-refractivity contribution in [1.82, 2.24) is 10.3 Å². The molecule has 6 nitrogen and oxygen atoms in total. The lowest BCUT2D eigenvalue weighted by atomic mass is 10.1. The molecule has 2 aromatic heterocycles. The minimum atomic E-state index is -0.273. The smallest absolute Gasteiger partial charge is 0.260 e. The second kappa shape index (κ2) is 8.64. The van der Waals surface area contributed by atoms with Gasteiger partial charge in [0.1, 0.15) is 5.76 Å². The number of thiazole rings is 1. The van der Waals surface area contributed by atoms with Gasteiger partial charge in [0.05, 0.1) is 23.9 Å². The van der Waals surface area contributed by atoms with Gasteiger partial charge in [0.2, 0.25) is 5.91 Å². The highest BCUT2D eigenvalue weighted by atomic mass is 32.1. The third kappa shape index (κ3) is 5.04. The van der Waals surface area contributed by atoms with Crippen molar-refractivity contribution >= 4 is 28.3 Å². The summed E-state index contributed by atoms with van der Waals surface area (Å²) in [7, 11) is 0. The lowest BCUT2D eigenvalue weighted by Gasteiger charge is -2.06. The molecule has 0 aliphatic rings. The number of amides is 2. The number of nitrogens with zero attached hydrogens (tertiary/aromatic N) is 1. The van der Waals surface area contributed by atoms with Gasteiger partial charge < -0.3 is 9.73 Å². The molecule has 3 rings (SSSR count). The van der Waals surface area contributed by atoms with E-state index in [0.29, 0.717) is 28.7 Å². The maximum absolute atomic E-state index is 12.1. The van der Waals surface area contributed by atoms with Crippen LogP contribution in [-0.4, -0.2) is 23.3 Å². The quantitative estimate of drug-likeness (QED) is 0.654. The first-order valence-corrected chi connectivity index (χ1v) is 9.52. The maximum atomic E-state index is 12.1. The Bertz CT molecular complexity index is 945. The van der Waals surface area contributed by atoms with Crippen molar-refractivity contribution in [2.75, 3.05) is 11.9 Å². The molecule has 0 atom stereocenters. The minimum absolute atomic E-state index is 0.0857. The van der Waals surface area contributed by atoms with Crippen LogP contribution in [0.1, 0.15) is 32.9 Å². The number of carbonyl (C=O) groups is 2. The molecule has 2 amide bonds. The molecule has 0 saturated carbocycles. The van der Waals surface area contributed by atoms with Gasteiger partial charge in [0.25, 0.3) is 5.91 Å². The van der Waals surface area contributed by atoms with Crippen molar-refractivity contribution in [3.8, 4) is 0 Å². The average Bonchev–Trinajstić information content (AvgIpc) is 3.25. The molecule has 27 heavy (non-hydrogen) atoms. The van der Waals surface area contributed by atoms with E-state index < -0.39 is 0 Å². The molecule has 7 heteroatoms. The molecule has 0 spiro atoms. The topological polar surface area (TPSA) is 84.2 Å². The molecule has 1 aromatic carbocycles. The van der Waals surface area contributed by atoms with Gasteiger partial charge in [-0.05, 0) is 37.5 Å². The Balaban J connectivity index is 1.47. The van der Waals surface area contributed by atoms with Gasteiger partial charge in [0.15, 0.2) is 5.13 Å². The van der Waals surface area contributed by atoms with Gasteiger partial charge in [-0.15, -0.1) is 11.3 Å². The lowest BCUT2D eigenvalue weighted by Crippen LogP contribution is -2.27. The van der Waals surface area contributed by atoms with Gasteiger partial charge in [-0.2, -0.15) is 0 Å². The van der Waals surface area contributed by atoms with Crippen LogP contribution in [0.4, 0.5) is 5.13 Å². The number of furan rings is 1. The van der Waals surface area contributed by atoms with E-state index in [0.717, 1.165) is 6.42 Å². The molecular formula is C20H21N3O3S. The first-order valence-electron chi connectivity index (χ1n) is 8.64. The Morgan fingerprint density at radius 1 is 1.19 bits per heavy atom. The zero-order chi connectivity index (χ0) is 19.2. The van der Waals surface area contributed by atoms with Crippen molar-refractivity contribution in [2.24, 2.45) is 0 Å². The summed E-state index contributed by atoms with van der Waals surface area (Å²) in [6, 6.07) is 9.75. The van der Waals surface area contributed by atoms with E-state index in [1.807, 2.05) is 12.1 Å². The normalized spacial score (nSPS) is 10.6. The molecule has 140 valence electrons. The van der Waals surface area contributed by atoms with E-state index >= 15 is 0 Å². The van der Waals surface area contributed by atoms with E-state index in [2.05, 4.69) is 34.7 Å². The molecule has 0 unspecified atom stereocenters. The first kappa shape index (κ1) is 18.8. The summed E-state index contributed by atoms with van der Waals surface area (Å²) in [6.45, 7) is 4.37. The Morgan fingerprint density at radius 3 is 2.74 bits per heavy atom. The summed E-state index contributed by atoms with van der Waals surface area (Å²) in [6.07, 6.45) is 2.45. The molecule has 2 heterocycles. The maximum Gasteiger partial charge on any atom is 0.260 e. The van der Waals surface area contributed by atoms with E-state index in [1.54, 1.807) is 18.4 Å². The van der Waals surface area contributed by atoms with E-state index in [1.165, 1.54) is 28.7 Å². The predicted molar refractivity (Wildman–Crippen MR) is 105 cm³/mol. The van der Waals surface area contributed by atoms with Crippen LogP contribution in [0, 0.1) is 13.8 Å². The number of aryl methyl sites for hydroxylation is 2. The Hall–Kier alpha value is -2.93. The fourth-order valence-corrected chi connectivity index (χ4v) is 3.39. The average molecular weight is 383 g/mol. The summed E-state index contributed by atoms with van der Waals surface area (Å²) in [5, 5.41) is 7.88. The molecule has 3 aromatic rings. The second-order valence-corrected chi connectivity index (χ2v) is 7.05. The number of carbonyl (C=O) groups excluding carboxylic acids is 2. The number of benzene rings is 1. The largest absolute Gasteiger partial charge is 0.469 e. The van der Waals surface area contributed by atoms with Crippen molar-refractivity contribution in [2.45, 2.75) is 26.7 Å². The van der Waals surface area contributed by atoms with Crippen LogP contribution in [0.5, 0.6) is 0 Å². The summed E-state index contributed by atoms with van der Waals surface area (Å²) < 4.78 is 5.13. The van der Waals surface area contributed by atoms with Gasteiger partial charge in [-0.25, -0.2) is 4.98 Å². The van der Waals surface area contributed by atoms with Crippen LogP contribution in [0.3, 0.4) is 0 Å². The molecule has 0 aliphatic heterocycles. The standard InChI is InChI=1S/C20H21N3O3S/c1-13-5-3-4-6-15(13)7-9-21-18(24)11-16-12-27-20(22-16)23-19(25)17-8-10-26-14(17)2/h3-6,8,10,12H,7,9,11H2,1-2H3,(H,21,24)(H,22,23,25). The van der Waals surface area contributed by atoms with E-state index in [4.69, 9.17) is 4.42 Å². The monoisotopic (exact) mass is 383 g/mol. The number of nitrogens with one attached hydrogen (secondary N) is 2. The Labute approximate surface area is 161 Å². The number of hydrogen-bond donors (Lipinski definition) is 2. The third-order valence-corrected chi connectivity index (χ3v) is 5.00. The van der Waals surface area contributed by atoms with Crippen molar-refractivity contribution in [3.63, 3.8) is 0 Å². The summed E-state index contributed by atoms with van der Waals surface area (Å²) >= 11 is 1.29. The van der Waals surface area contributed by atoms with Gasteiger partial charge in [-0.3, -0.25) is 14.9 Å². The second-order valence-electron chi connectivity index (χ2n) is 6.19. The van der Waals surface area contributed by atoms with Crippen molar-refractivity contribution in [1.29, 1.82) is 0 Å². The number of anilines is 1. The van der Waals surface area contributed by atoms with Crippen molar-refractivity contribution in [3.05, 3.63) is 70.1 Å². The molecule has 2 N–H and O–H groups in total. The molecular weight excluding hydrogens is 362 g/mol. The number of aromatic nitrogens is 1. The summed E-state index contributed by atoms with van der Waals surface area (Å²) in [5.41, 5.74) is 3.55. The van der Waals surface area contributed by atoms with Crippen LogP contribution < -0.4 is 10.6 Å². The zero-order valence-corrected chi connectivity index (χ0v) is 16.1. The highest BCUT2D eigenvalue weighted by Gasteiger charge is 2.14. The van der Waals surface area contributed by atoms with E-state index in [9.17, 15) is 9.59 Å². The molecule has 0 saturated heterocycles. The molecule has 0 fully saturated rings. The molecule has 0 aliphatic carbocycles. The van der Waals surface area contributed by atoms with Gasteiger partial charge in [0, 0.05) is 11.9 Å². The van der Waals surface area contributed by atoms with Crippen LogP contribution in [-0.2, 0) is 17.6 Å². The summed E-state index contributed by atoms with van der Waals surface area (Å²) in [4.78, 5) is 28.6. The van der Waals surface area contributed by atoms with Crippen LogP contribution in [0.15, 0.2) is 46.4 Å². The zero-order valence-electron chi connectivity index (χ0n) is 15.2. The van der Waals surface area contributed by atoms with Gasteiger partial charge in [-0.1, -0.05) is 24.3 Å². The highest BCUT2D eigenvalue weighted by Crippen LogP contribution is 2.18. The van der Waals surface area contributed by atoms with Gasteiger partial charge >= 0.3 is 0 Å². The summed E-state index contributed by atoms with van der Waals surface area (Å²) in [5.74, 6) is 0.194. The number of rotatable bonds is 7. The van der Waals surface area contributed by atoms with Crippen molar-refractivity contribution < 1.29 is 14.0 Å². The Morgan fingerprint density at radius 2 is 2.00 bits per heavy atom. The van der Waals surface area contributed by atoms with Crippen LogP contribution in [0.2, 0.25) is 0 Å². The fraction of sp³-hybridized carbons (Fsp3) is 0.250. The number of hydrogen-bond acceptors (Lipinski definition) is 5. The van der Waals surface area contributed by atoms with E-state index in [-0.39, 0.29) is 18.2 Å².